The normalized spacial score (nSPS) is 14.7. The minimum Gasteiger partial charge on any atom is -0.756 e. The van der Waals surface area contributed by atoms with Crippen molar-refractivity contribution in [1.29, 1.82) is 0 Å². The maximum Gasteiger partial charge on any atom is 0.268 e. The molecule has 9 heteroatoms. The Balaban J connectivity index is 4.33. The number of carbonyl (C=O) groups excluding carboxylic acids is 1. The average Bonchev–Trinajstić information content (AvgIpc) is 3.29. The molecule has 0 radical (unpaired) electrons. The molecule has 67 heavy (non-hydrogen) atoms. The fourth-order valence-electron chi connectivity index (χ4n) is 7.53. The van der Waals surface area contributed by atoms with Gasteiger partial charge in [-0.3, -0.25) is 9.36 Å². The molecule has 1 amide bonds. The smallest absolute Gasteiger partial charge is 0.268 e. The summed E-state index contributed by atoms with van der Waals surface area (Å²) in [6.07, 6.45) is 68.1. The Labute approximate surface area is 414 Å². The highest BCUT2D eigenvalue weighted by atomic mass is 31.2. The van der Waals surface area contributed by atoms with Crippen LogP contribution in [0.25, 0.3) is 0 Å². The Morgan fingerprint density at radius 3 is 1.39 bits per heavy atom. The zero-order valence-corrected chi connectivity index (χ0v) is 45.0. The molecule has 0 saturated carbocycles. The van der Waals surface area contributed by atoms with E-state index in [9.17, 15) is 19.4 Å². The summed E-state index contributed by atoms with van der Waals surface area (Å²) in [6, 6.07) is -0.928. The van der Waals surface area contributed by atoms with Crippen LogP contribution in [0.3, 0.4) is 0 Å². The number of unbranched alkanes of at least 4 members (excludes halogenated alkanes) is 24. The first-order valence-electron chi connectivity index (χ1n) is 27.4. The van der Waals surface area contributed by atoms with Crippen molar-refractivity contribution < 1.29 is 32.9 Å². The summed E-state index contributed by atoms with van der Waals surface area (Å²) < 4.78 is 23.3. The molecule has 0 aliphatic rings. The van der Waals surface area contributed by atoms with Crippen LogP contribution in [0.1, 0.15) is 226 Å². The summed E-state index contributed by atoms with van der Waals surface area (Å²) in [7, 11) is 1.21. The molecule has 0 aliphatic carbocycles. The standard InChI is InChI=1S/C58H105N2O6P/c1-6-8-10-12-14-16-18-20-22-24-25-26-27-28-29-30-31-32-33-34-36-37-39-41-43-45-47-49-51-57(61)56(55-66-67(63,64)65-54-53-60(3,4)5)59-58(62)52-50-48-46-44-42-40-38-35-23-21-19-17-15-13-11-9-7-2/h9,11,15,17,21,23,34,36,38,40-41,43,49,51,56-57,61H,6-8,10,12-14,16,18-20,22,24-33,35,37,39,42,44-48,50,52-55H2,1-5H3,(H-,59,62,63,64)/b11-9-,17-15-,23-21-,36-34+,40-38-,43-41+,51-49+. The van der Waals surface area contributed by atoms with Crippen molar-refractivity contribution in [2.75, 3.05) is 40.9 Å². The summed E-state index contributed by atoms with van der Waals surface area (Å²) in [5.74, 6) is -0.237. The summed E-state index contributed by atoms with van der Waals surface area (Å²) >= 11 is 0. The first-order chi connectivity index (χ1) is 32.5. The Kier molecular flexibility index (Phi) is 47.0. The highest BCUT2D eigenvalue weighted by molar-refractivity contribution is 7.45. The van der Waals surface area contributed by atoms with Crippen molar-refractivity contribution in [3.63, 3.8) is 0 Å². The zero-order chi connectivity index (χ0) is 49.2. The number of aliphatic hydroxyl groups excluding tert-OH is 1. The predicted octanol–water partition coefficient (Wildman–Crippen LogP) is 15.8. The minimum atomic E-state index is -4.62. The van der Waals surface area contributed by atoms with E-state index in [1.165, 1.54) is 122 Å². The molecule has 0 aromatic heterocycles. The van der Waals surface area contributed by atoms with Gasteiger partial charge in [0.15, 0.2) is 0 Å². The number of aliphatic hydroxyl groups is 1. The average molecular weight is 957 g/mol. The Hall–Kier alpha value is -2.32. The number of nitrogens with zero attached hydrogens (tertiary/aromatic N) is 1. The third-order valence-corrected chi connectivity index (χ3v) is 12.8. The monoisotopic (exact) mass is 957 g/mol. The van der Waals surface area contributed by atoms with Gasteiger partial charge in [-0.2, -0.15) is 0 Å². The Morgan fingerprint density at radius 2 is 0.925 bits per heavy atom. The summed E-state index contributed by atoms with van der Waals surface area (Å²) in [5, 5.41) is 13.8. The van der Waals surface area contributed by atoms with Gasteiger partial charge in [0.25, 0.3) is 7.82 Å². The third kappa shape index (κ3) is 51.4. The van der Waals surface area contributed by atoms with E-state index >= 15 is 0 Å². The van der Waals surface area contributed by atoms with Crippen molar-refractivity contribution in [1.82, 2.24) is 5.32 Å². The summed E-state index contributed by atoms with van der Waals surface area (Å²) in [5.41, 5.74) is 0. The van der Waals surface area contributed by atoms with Crippen LogP contribution < -0.4 is 10.2 Å². The molecule has 0 aromatic rings. The molecular formula is C58H105N2O6P. The van der Waals surface area contributed by atoms with Crippen molar-refractivity contribution in [2.45, 2.75) is 238 Å². The van der Waals surface area contributed by atoms with E-state index in [-0.39, 0.29) is 12.5 Å². The molecule has 0 fully saturated rings. The van der Waals surface area contributed by atoms with Gasteiger partial charge in [0.1, 0.15) is 13.2 Å². The largest absolute Gasteiger partial charge is 0.756 e. The third-order valence-electron chi connectivity index (χ3n) is 11.8. The fraction of sp³-hybridized carbons (Fsp3) is 0.741. The highest BCUT2D eigenvalue weighted by Gasteiger charge is 2.23. The molecule has 0 aromatic carbocycles. The number of nitrogens with one attached hydrogen (secondary N) is 1. The second-order valence-electron chi connectivity index (χ2n) is 19.5. The first-order valence-corrected chi connectivity index (χ1v) is 28.9. The number of allylic oxidation sites excluding steroid dienone is 13. The first kappa shape index (κ1) is 64.7. The van der Waals surface area contributed by atoms with Gasteiger partial charge in [0, 0.05) is 6.42 Å². The molecule has 0 saturated heterocycles. The lowest BCUT2D eigenvalue weighted by Crippen LogP contribution is -2.45. The van der Waals surface area contributed by atoms with Gasteiger partial charge in [0.2, 0.25) is 5.91 Å². The van der Waals surface area contributed by atoms with E-state index in [2.05, 4.69) is 92.1 Å². The number of quaternary nitrogens is 1. The predicted molar refractivity (Wildman–Crippen MR) is 288 cm³/mol. The van der Waals surface area contributed by atoms with Crippen molar-refractivity contribution in [2.24, 2.45) is 0 Å². The number of phosphoric acid groups is 1. The van der Waals surface area contributed by atoms with Crippen molar-refractivity contribution in [3.8, 4) is 0 Å². The maximum absolute atomic E-state index is 12.9. The van der Waals surface area contributed by atoms with Gasteiger partial charge in [-0.1, -0.05) is 221 Å². The van der Waals surface area contributed by atoms with Gasteiger partial charge in [-0.05, 0) is 83.5 Å². The van der Waals surface area contributed by atoms with Gasteiger partial charge < -0.3 is 28.8 Å². The Morgan fingerprint density at radius 1 is 0.537 bits per heavy atom. The number of hydrogen-bond donors (Lipinski definition) is 2. The zero-order valence-electron chi connectivity index (χ0n) is 44.1. The van der Waals surface area contributed by atoms with Crippen LogP contribution in [-0.4, -0.2) is 68.5 Å². The van der Waals surface area contributed by atoms with Gasteiger partial charge in [-0.15, -0.1) is 0 Å². The molecule has 0 spiro atoms. The number of hydrogen-bond acceptors (Lipinski definition) is 6. The molecule has 0 aliphatic heterocycles. The highest BCUT2D eigenvalue weighted by Crippen LogP contribution is 2.38. The van der Waals surface area contributed by atoms with Gasteiger partial charge in [0.05, 0.1) is 39.9 Å². The maximum atomic E-state index is 12.9. The van der Waals surface area contributed by atoms with Crippen LogP contribution in [0.15, 0.2) is 85.1 Å². The van der Waals surface area contributed by atoms with Crippen LogP contribution in [-0.2, 0) is 18.4 Å². The van der Waals surface area contributed by atoms with Crippen LogP contribution in [0, 0.1) is 0 Å². The molecule has 3 unspecified atom stereocenters. The molecule has 8 nitrogen and oxygen atoms in total. The van der Waals surface area contributed by atoms with Crippen LogP contribution in [0.5, 0.6) is 0 Å². The van der Waals surface area contributed by atoms with E-state index < -0.39 is 26.6 Å². The molecule has 388 valence electrons. The van der Waals surface area contributed by atoms with E-state index in [0.29, 0.717) is 17.4 Å². The number of rotatable bonds is 49. The van der Waals surface area contributed by atoms with E-state index in [0.717, 1.165) is 83.5 Å². The van der Waals surface area contributed by atoms with Crippen LogP contribution >= 0.6 is 7.82 Å². The lowest BCUT2D eigenvalue weighted by Gasteiger charge is -2.29. The van der Waals surface area contributed by atoms with Crippen molar-refractivity contribution >= 4 is 13.7 Å². The van der Waals surface area contributed by atoms with E-state index in [1.54, 1.807) is 6.08 Å². The van der Waals surface area contributed by atoms with Crippen molar-refractivity contribution in [3.05, 3.63) is 85.1 Å². The van der Waals surface area contributed by atoms with Gasteiger partial charge in [-0.25, -0.2) is 0 Å². The second-order valence-corrected chi connectivity index (χ2v) is 20.9. The van der Waals surface area contributed by atoms with Crippen LogP contribution in [0.4, 0.5) is 0 Å². The lowest BCUT2D eigenvalue weighted by molar-refractivity contribution is -0.870. The molecule has 0 bridgehead atoms. The lowest BCUT2D eigenvalue weighted by atomic mass is 10.0. The molecule has 0 heterocycles. The number of likely N-dealkylation sites (N-methyl/N-ethyl adjacent to an activating group) is 1. The quantitative estimate of drug-likeness (QED) is 0.0272. The number of carbonyl (C=O) groups is 1. The minimum absolute atomic E-state index is 0.0184. The Bertz CT molecular complexity index is 1360. The topological polar surface area (TPSA) is 108 Å². The SMILES string of the molecule is CC/C=C\C/C=C\C/C=C\C/C=C\CCCCCCC(=O)NC(COP(=O)([O-])OCC[N+](C)(C)C)C(O)/C=C/CC/C=C/CC/C=C/CCCCCCCCCCCCCCCCCCCC. The van der Waals surface area contributed by atoms with Crippen LogP contribution in [0.2, 0.25) is 0 Å². The molecule has 0 rings (SSSR count). The molecule has 3 atom stereocenters. The summed E-state index contributed by atoms with van der Waals surface area (Å²) in [4.78, 5) is 25.4. The number of phosphoric ester groups is 1. The molecular weight excluding hydrogens is 852 g/mol. The van der Waals surface area contributed by atoms with E-state index in [1.807, 2.05) is 27.2 Å². The fourth-order valence-corrected chi connectivity index (χ4v) is 8.25. The van der Waals surface area contributed by atoms with Gasteiger partial charge >= 0.3 is 0 Å². The second kappa shape index (κ2) is 48.7. The molecule has 2 N–H and O–H groups in total. The van der Waals surface area contributed by atoms with E-state index in [4.69, 9.17) is 9.05 Å². The number of amides is 1. The summed E-state index contributed by atoms with van der Waals surface area (Å²) in [6.45, 7) is 4.49.